The predicted molar refractivity (Wildman–Crippen MR) is 86.8 cm³/mol. The lowest BCUT2D eigenvalue weighted by Gasteiger charge is -2.11. The van der Waals surface area contributed by atoms with Crippen LogP contribution in [0.2, 0.25) is 0 Å². The van der Waals surface area contributed by atoms with Crippen molar-refractivity contribution in [2.24, 2.45) is 5.16 Å². The minimum atomic E-state index is -0.764. The molecule has 3 rings (SSSR count). The highest BCUT2D eigenvalue weighted by Gasteiger charge is 2.26. The fraction of sp³-hybridized carbons (Fsp3) is 0.375. The molecule has 2 heterocycles. The number of carbonyl (C=O) groups is 3. The Morgan fingerprint density at radius 2 is 2.08 bits per heavy atom. The second kappa shape index (κ2) is 7.72. The summed E-state index contributed by atoms with van der Waals surface area (Å²) in [6, 6.07) is 4.80. The first-order valence-electron chi connectivity index (χ1n) is 7.85. The molecule has 2 aliphatic heterocycles. The summed E-state index contributed by atoms with van der Waals surface area (Å²) in [7, 11) is 0. The number of benzene rings is 1. The van der Waals surface area contributed by atoms with Crippen LogP contribution in [0.1, 0.15) is 12.5 Å². The third kappa shape index (κ3) is 4.02. The maximum Gasteiger partial charge on any atom is 0.347 e. The maximum atomic E-state index is 11.7. The van der Waals surface area contributed by atoms with E-state index >= 15 is 0 Å². The number of oxime groups is 1. The number of nitrogens with zero attached hydrogens (tertiary/aromatic N) is 2. The van der Waals surface area contributed by atoms with E-state index in [-0.39, 0.29) is 13.3 Å². The molecule has 1 fully saturated rings. The molecule has 10 heteroatoms. The van der Waals surface area contributed by atoms with E-state index in [9.17, 15) is 14.4 Å². The van der Waals surface area contributed by atoms with E-state index in [1.165, 1.54) is 0 Å². The van der Waals surface area contributed by atoms with Crippen LogP contribution in [-0.4, -0.2) is 61.6 Å². The van der Waals surface area contributed by atoms with Crippen molar-refractivity contribution in [3.8, 4) is 11.5 Å². The van der Waals surface area contributed by atoms with Crippen LogP contribution in [-0.2, 0) is 19.2 Å². The predicted octanol–water partition coefficient (Wildman–Crippen LogP) is 0.251. The summed E-state index contributed by atoms with van der Waals surface area (Å²) in [4.78, 5) is 40.5. The number of amides is 3. The Morgan fingerprint density at radius 1 is 1.27 bits per heavy atom. The average Bonchev–Trinajstić information content (AvgIpc) is 3.27. The minimum Gasteiger partial charge on any atom is -0.454 e. The zero-order valence-corrected chi connectivity index (χ0v) is 14.0. The topological polar surface area (TPSA) is 116 Å². The van der Waals surface area contributed by atoms with E-state index in [0.717, 1.165) is 10.5 Å². The molecule has 10 nitrogen and oxygen atoms in total. The summed E-state index contributed by atoms with van der Waals surface area (Å²) in [6.07, 6.45) is 0. The Balaban J connectivity index is 1.43. The summed E-state index contributed by atoms with van der Waals surface area (Å²) in [6.45, 7) is 1.54. The largest absolute Gasteiger partial charge is 0.454 e. The third-order valence-corrected chi connectivity index (χ3v) is 3.69. The Bertz CT molecular complexity index is 762. The Hall–Kier alpha value is -3.30. The first-order chi connectivity index (χ1) is 12.5. The molecule has 0 atom stereocenters. The number of fused-ring (bicyclic) bond motifs is 1. The van der Waals surface area contributed by atoms with Gasteiger partial charge in [-0.3, -0.25) is 9.69 Å². The molecule has 1 aromatic rings. The van der Waals surface area contributed by atoms with E-state index in [0.29, 0.717) is 23.8 Å². The SMILES string of the molecule is C/C(=N/OCC(=O)OCC(=O)N1CCNC1=O)c1ccc2c(c1)OCO2. The van der Waals surface area contributed by atoms with Gasteiger partial charge < -0.3 is 24.4 Å². The van der Waals surface area contributed by atoms with Crippen molar-refractivity contribution >= 4 is 23.6 Å². The monoisotopic (exact) mass is 363 g/mol. The molecule has 1 N–H and O–H groups in total. The van der Waals surface area contributed by atoms with Crippen molar-refractivity contribution in [2.45, 2.75) is 6.92 Å². The molecule has 138 valence electrons. The number of esters is 1. The Labute approximate surface area is 148 Å². The van der Waals surface area contributed by atoms with Crippen LogP contribution in [0, 0.1) is 0 Å². The third-order valence-electron chi connectivity index (χ3n) is 3.69. The molecule has 0 unspecified atom stereocenters. The van der Waals surface area contributed by atoms with Crippen LogP contribution in [0.15, 0.2) is 23.4 Å². The van der Waals surface area contributed by atoms with E-state index in [4.69, 9.17) is 19.0 Å². The zero-order valence-electron chi connectivity index (χ0n) is 14.0. The van der Waals surface area contributed by atoms with E-state index in [1.54, 1.807) is 25.1 Å². The van der Waals surface area contributed by atoms with Gasteiger partial charge in [0.1, 0.15) is 0 Å². The molecule has 0 saturated carbocycles. The number of hydrogen-bond donors (Lipinski definition) is 1. The van der Waals surface area contributed by atoms with Gasteiger partial charge in [0, 0.05) is 18.7 Å². The molecule has 0 aromatic heterocycles. The molecular weight excluding hydrogens is 346 g/mol. The summed E-state index contributed by atoms with van der Waals surface area (Å²) in [5.74, 6) is -0.0862. The summed E-state index contributed by atoms with van der Waals surface area (Å²) in [5, 5.41) is 6.32. The van der Waals surface area contributed by atoms with Gasteiger partial charge in [0.05, 0.1) is 5.71 Å². The van der Waals surface area contributed by atoms with Gasteiger partial charge >= 0.3 is 12.0 Å². The molecule has 1 saturated heterocycles. The molecule has 0 spiro atoms. The molecular formula is C16H17N3O7. The van der Waals surface area contributed by atoms with E-state index < -0.39 is 31.1 Å². The number of carbonyl (C=O) groups excluding carboxylic acids is 3. The molecule has 26 heavy (non-hydrogen) atoms. The van der Waals surface area contributed by atoms with Crippen molar-refractivity contribution in [1.29, 1.82) is 0 Å². The molecule has 0 aliphatic carbocycles. The highest BCUT2D eigenvalue weighted by molar-refractivity contribution is 5.99. The van der Waals surface area contributed by atoms with Gasteiger partial charge in [-0.25, -0.2) is 9.59 Å². The fourth-order valence-electron chi connectivity index (χ4n) is 2.33. The smallest absolute Gasteiger partial charge is 0.347 e. The molecule has 1 aromatic carbocycles. The van der Waals surface area contributed by atoms with Crippen molar-refractivity contribution < 1.29 is 33.4 Å². The first-order valence-corrected chi connectivity index (χ1v) is 7.85. The second-order valence-electron chi connectivity index (χ2n) is 5.46. The highest BCUT2D eigenvalue weighted by Crippen LogP contribution is 2.32. The van der Waals surface area contributed by atoms with Gasteiger partial charge in [-0.15, -0.1) is 0 Å². The van der Waals surface area contributed by atoms with Crippen molar-refractivity contribution in [1.82, 2.24) is 10.2 Å². The number of rotatable bonds is 6. The number of ether oxygens (including phenoxy) is 3. The maximum absolute atomic E-state index is 11.7. The molecule has 2 aliphatic rings. The summed E-state index contributed by atoms with van der Waals surface area (Å²) in [5.41, 5.74) is 1.28. The lowest BCUT2D eigenvalue weighted by atomic mass is 10.1. The molecule has 0 radical (unpaired) electrons. The number of imide groups is 1. The van der Waals surface area contributed by atoms with E-state index in [2.05, 4.69) is 10.5 Å². The van der Waals surface area contributed by atoms with Gasteiger partial charge in [0.2, 0.25) is 13.4 Å². The van der Waals surface area contributed by atoms with Gasteiger partial charge in [-0.1, -0.05) is 5.16 Å². The van der Waals surface area contributed by atoms with Crippen molar-refractivity contribution in [2.75, 3.05) is 33.1 Å². The lowest BCUT2D eigenvalue weighted by molar-refractivity contribution is -0.154. The number of nitrogens with one attached hydrogen (secondary N) is 1. The van der Waals surface area contributed by atoms with Crippen LogP contribution in [0.4, 0.5) is 4.79 Å². The van der Waals surface area contributed by atoms with Gasteiger partial charge in [-0.05, 0) is 25.1 Å². The van der Waals surface area contributed by atoms with E-state index in [1.807, 2.05) is 0 Å². The van der Waals surface area contributed by atoms with Crippen molar-refractivity contribution in [3.63, 3.8) is 0 Å². The average molecular weight is 363 g/mol. The van der Waals surface area contributed by atoms with Crippen LogP contribution in [0.25, 0.3) is 0 Å². The zero-order chi connectivity index (χ0) is 18.5. The van der Waals surface area contributed by atoms with Crippen LogP contribution >= 0.6 is 0 Å². The number of hydrogen-bond acceptors (Lipinski definition) is 8. The molecule has 3 amide bonds. The van der Waals surface area contributed by atoms with Crippen LogP contribution in [0.3, 0.4) is 0 Å². The normalized spacial score (nSPS) is 15.7. The van der Waals surface area contributed by atoms with Gasteiger partial charge in [-0.2, -0.15) is 0 Å². The minimum absolute atomic E-state index is 0.176. The molecule has 0 bridgehead atoms. The first kappa shape index (κ1) is 17.5. The summed E-state index contributed by atoms with van der Waals surface area (Å²) < 4.78 is 15.3. The standard InChI is InChI=1S/C16H17N3O7/c1-10(11-2-3-12-13(6-11)25-9-24-12)18-26-8-15(21)23-7-14(20)19-5-4-17-16(19)22/h2-3,6H,4-5,7-9H2,1H3,(H,17,22)/b18-10-. The highest BCUT2D eigenvalue weighted by atomic mass is 16.7. The van der Waals surface area contributed by atoms with Gasteiger partial charge in [0.25, 0.3) is 5.91 Å². The fourth-order valence-corrected chi connectivity index (χ4v) is 2.33. The van der Waals surface area contributed by atoms with Crippen LogP contribution in [0.5, 0.6) is 11.5 Å². The number of urea groups is 1. The second-order valence-corrected chi connectivity index (χ2v) is 5.46. The van der Waals surface area contributed by atoms with Gasteiger partial charge in [0.15, 0.2) is 18.1 Å². The van der Waals surface area contributed by atoms with Crippen molar-refractivity contribution in [3.05, 3.63) is 23.8 Å². The Kier molecular flexibility index (Phi) is 5.20. The van der Waals surface area contributed by atoms with Crippen LogP contribution < -0.4 is 14.8 Å². The quantitative estimate of drug-likeness (QED) is 0.437. The Morgan fingerprint density at radius 3 is 2.85 bits per heavy atom. The lowest BCUT2D eigenvalue weighted by Crippen LogP contribution is -2.37. The summed E-state index contributed by atoms with van der Waals surface area (Å²) >= 11 is 0.